The summed E-state index contributed by atoms with van der Waals surface area (Å²) in [6, 6.07) is 4.00. The van der Waals surface area contributed by atoms with E-state index in [0.29, 0.717) is 0 Å². The number of piperazine rings is 1. The summed E-state index contributed by atoms with van der Waals surface area (Å²) in [5.41, 5.74) is 1.19. The molecule has 4 heteroatoms. The van der Waals surface area contributed by atoms with Crippen LogP contribution in [0.1, 0.15) is 18.9 Å². The summed E-state index contributed by atoms with van der Waals surface area (Å²) in [5.74, 6) is 0.239. The van der Waals surface area contributed by atoms with Crippen molar-refractivity contribution in [2.24, 2.45) is 0 Å². The summed E-state index contributed by atoms with van der Waals surface area (Å²) < 4.78 is 0. The van der Waals surface area contributed by atoms with Gasteiger partial charge >= 0.3 is 0 Å². The number of rotatable bonds is 4. The lowest BCUT2D eigenvalue weighted by molar-refractivity contribution is -0.135. The van der Waals surface area contributed by atoms with Crippen molar-refractivity contribution >= 4 is 5.91 Å². The Morgan fingerprint density at radius 3 is 3.18 bits per heavy atom. The zero-order valence-electron chi connectivity index (χ0n) is 10.2. The molecule has 1 N–H and O–H groups in total. The third-order valence-corrected chi connectivity index (χ3v) is 3.18. The van der Waals surface area contributed by atoms with E-state index in [0.717, 1.165) is 32.5 Å². The van der Waals surface area contributed by atoms with E-state index in [-0.39, 0.29) is 11.9 Å². The molecule has 17 heavy (non-hydrogen) atoms. The van der Waals surface area contributed by atoms with E-state index in [1.165, 1.54) is 5.56 Å². The van der Waals surface area contributed by atoms with Gasteiger partial charge in [0.15, 0.2) is 0 Å². The van der Waals surface area contributed by atoms with Crippen LogP contribution in [0.4, 0.5) is 0 Å². The van der Waals surface area contributed by atoms with Gasteiger partial charge in [0.05, 0.1) is 6.04 Å². The largest absolute Gasteiger partial charge is 0.340 e. The fourth-order valence-corrected chi connectivity index (χ4v) is 2.14. The molecule has 0 radical (unpaired) electrons. The molecular formula is C13H19N3O. The number of nitrogens with one attached hydrogen (secondary N) is 1. The second-order valence-corrected chi connectivity index (χ2v) is 4.35. The van der Waals surface area contributed by atoms with E-state index in [1.54, 1.807) is 6.20 Å². The van der Waals surface area contributed by atoms with Gasteiger partial charge in [-0.3, -0.25) is 9.78 Å². The van der Waals surface area contributed by atoms with Gasteiger partial charge in [-0.15, -0.1) is 0 Å². The minimum Gasteiger partial charge on any atom is -0.340 e. The van der Waals surface area contributed by atoms with Gasteiger partial charge in [0.25, 0.3) is 0 Å². The van der Waals surface area contributed by atoms with Crippen molar-refractivity contribution in [3.05, 3.63) is 30.1 Å². The second-order valence-electron chi connectivity index (χ2n) is 4.35. The lowest BCUT2D eigenvalue weighted by Gasteiger charge is -2.32. The summed E-state index contributed by atoms with van der Waals surface area (Å²) in [7, 11) is 0. The first-order valence-corrected chi connectivity index (χ1v) is 6.22. The molecule has 1 saturated heterocycles. The molecule has 0 spiro atoms. The smallest absolute Gasteiger partial charge is 0.239 e. The Bertz CT molecular complexity index is 366. The molecule has 0 saturated carbocycles. The van der Waals surface area contributed by atoms with Crippen LogP contribution in [0.5, 0.6) is 0 Å². The Morgan fingerprint density at radius 2 is 2.47 bits per heavy atom. The molecule has 4 nitrogen and oxygen atoms in total. The third kappa shape index (κ3) is 3.03. The van der Waals surface area contributed by atoms with Gasteiger partial charge in [0, 0.05) is 32.0 Å². The van der Waals surface area contributed by atoms with Gasteiger partial charge in [0.2, 0.25) is 5.91 Å². The first kappa shape index (κ1) is 12.0. The molecule has 1 fully saturated rings. The number of aromatic nitrogens is 1. The number of hydrogen-bond donors (Lipinski definition) is 1. The molecule has 1 aliphatic heterocycles. The van der Waals surface area contributed by atoms with Crippen molar-refractivity contribution in [2.45, 2.75) is 25.8 Å². The summed E-state index contributed by atoms with van der Waals surface area (Å²) >= 11 is 0. The topological polar surface area (TPSA) is 45.2 Å². The molecule has 1 aromatic rings. The van der Waals surface area contributed by atoms with Crippen LogP contribution in [-0.2, 0) is 11.2 Å². The van der Waals surface area contributed by atoms with E-state index in [4.69, 9.17) is 0 Å². The Kier molecular flexibility index (Phi) is 4.09. The number of amides is 1. The highest BCUT2D eigenvalue weighted by Gasteiger charge is 2.26. The van der Waals surface area contributed by atoms with Gasteiger partial charge in [0.1, 0.15) is 0 Å². The van der Waals surface area contributed by atoms with E-state index in [1.807, 2.05) is 24.1 Å². The molecule has 0 bridgehead atoms. The van der Waals surface area contributed by atoms with Crippen LogP contribution in [0.3, 0.4) is 0 Å². The van der Waals surface area contributed by atoms with Crippen molar-refractivity contribution in [3.63, 3.8) is 0 Å². The van der Waals surface area contributed by atoms with Crippen molar-refractivity contribution in [1.29, 1.82) is 0 Å². The molecule has 92 valence electrons. The highest BCUT2D eigenvalue weighted by molar-refractivity contribution is 5.82. The number of hydrogen-bond acceptors (Lipinski definition) is 3. The van der Waals surface area contributed by atoms with Gasteiger partial charge in [-0.25, -0.2) is 0 Å². The average Bonchev–Trinajstić information content (AvgIpc) is 2.39. The number of nitrogens with zero attached hydrogens (tertiary/aromatic N) is 2. The molecular weight excluding hydrogens is 214 g/mol. The molecule has 1 amide bonds. The Morgan fingerprint density at radius 1 is 1.59 bits per heavy atom. The quantitative estimate of drug-likeness (QED) is 0.838. The lowest BCUT2D eigenvalue weighted by Crippen LogP contribution is -2.55. The van der Waals surface area contributed by atoms with Crippen molar-refractivity contribution < 1.29 is 4.79 Å². The highest BCUT2D eigenvalue weighted by Crippen LogP contribution is 2.06. The van der Waals surface area contributed by atoms with Crippen LogP contribution in [0.15, 0.2) is 24.5 Å². The first-order chi connectivity index (χ1) is 8.31. The van der Waals surface area contributed by atoms with E-state index in [9.17, 15) is 4.79 Å². The highest BCUT2D eigenvalue weighted by atomic mass is 16.2. The van der Waals surface area contributed by atoms with Gasteiger partial charge < -0.3 is 10.2 Å². The Labute approximate surface area is 102 Å². The van der Waals surface area contributed by atoms with Crippen LogP contribution in [0.25, 0.3) is 0 Å². The molecule has 1 atom stereocenters. The van der Waals surface area contributed by atoms with Gasteiger partial charge in [-0.1, -0.05) is 13.0 Å². The average molecular weight is 233 g/mol. The van der Waals surface area contributed by atoms with Crippen molar-refractivity contribution in [3.8, 4) is 0 Å². The standard InChI is InChI=1S/C13H19N3O/c1-2-12-13(17)16(9-7-15-12)8-5-11-4-3-6-14-10-11/h3-4,6,10,12,15H,2,5,7-9H2,1H3. The van der Waals surface area contributed by atoms with Crippen LogP contribution >= 0.6 is 0 Å². The molecule has 1 unspecified atom stereocenters. The summed E-state index contributed by atoms with van der Waals surface area (Å²) in [4.78, 5) is 18.1. The number of carbonyl (C=O) groups excluding carboxylic acids is 1. The molecule has 2 heterocycles. The van der Waals surface area contributed by atoms with Gasteiger partial charge in [-0.05, 0) is 24.5 Å². The monoisotopic (exact) mass is 233 g/mol. The van der Waals surface area contributed by atoms with Gasteiger partial charge in [-0.2, -0.15) is 0 Å². The van der Waals surface area contributed by atoms with Crippen LogP contribution in [0.2, 0.25) is 0 Å². The normalized spacial score (nSPS) is 20.6. The summed E-state index contributed by atoms with van der Waals surface area (Å²) in [5, 5.41) is 3.24. The fraction of sp³-hybridized carbons (Fsp3) is 0.538. The predicted octanol–water partition coefficient (Wildman–Crippen LogP) is 0.834. The van der Waals surface area contributed by atoms with E-state index < -0.39 is 0 Å². The summed E-state index contributed by atoms with van der Waals surface area (Å²) in [6.45, 7) is 4.55. The zero-order chi connectivity index (χ0) is 12.1. The van der Waals surface area contributed by atoms with Crippen molar-refractivity contribution in [2.75, 3.05) is 19.6 Å². The maximum absolute atomic E-state index is 12.0. The van der Waals surface area contributed by atoms with Crippen molar-refractivity contribution in [1.82, 2.24) is 15.2 Å². The molecule has 0 aromatic carbocycles. The molecule has 0 aliphatic carbocycles. The van der Waals surface area contributed by atoms with E-state index >= 15 is 0 Å². The minimum absolute atomic E-state index is 0.0117. The maximum Gasteiger partial charge on any atom is 0.239 e. The minimum atomic E-state index is 0.0117. The summed E-state index contributed by atoms with van der Waals surface area (Å²) in [6.07, 6.45) is 5.38. The molecule has 1 aliphatic rings. The first-order valence-electron chi connectivity index (χ1n) is 6.22. The number of carbonyl (C=O) groups is 1. The lowest BCUT2D eigenvalue weighted by atomic mass is 10.1. The number of pyridine rings is 1. The second kappa shape index (κ2) is 5.77. The SMILES string of the molecule is CCC1NCCN(CCc2cccnc2)C1=O. The fourth-order valence-electron chi connectivity index (χ4n) is 2.14. The predicted molar refractivity (Wildman–Crippen MR) is 66.6 cm³/mol. The Hall–Kier alpha value is -1.42. The maximum atomic E-state index is 12.0. The van der Waals surface area contributed by atoms with Crippen LogP contribution < -0.4 is 5.32 Å². The van der Waals surface area contributed by atoms with Crippen LogP contribution in [-0.4, -0.2) is 41.5 Å². The Balaban J connectivity index is 1.88. The molecule has 1 aromatic heterocycles. The van der Waals surface area contributed by atoms with Crippen LogP contribution in [0, 0.1) is 0 Å². The third-order valence-electron chi connectivity index (χ3n) is 3.18. The zero-order valence-corrected chi connectivity index (χ0v) is 10.2. The van der Waals surface area contributed by atoms with E-state index in [2.05, 4.69) is 16.4 Å². The molecule has 2 rings (SSSR count).